The van der Waals surface area contributed by atoms with Crippen molar-refractivity contribution in [2.45, 2.75) is 45.1 Å². The molecular formula is C14H21N3O. The average molecular weight is 247 g/mol. The molecule has 0 saturated heterocycles. The van der Waals surface area contributed by atoms with E-state index < -0.39 is 0 Å². The zero-order valence-electron chi connectivity index (χ0n) is 10.8. The Morgan fingerprint density at radius 3 is 2.67 bits per heavy atom. The minimum absolute atomic E-state index is 0.116. The molecule has 1 saturated carbocycles. The lowest BCUT2D eigenvalue weighted by Crippen LogP contribution is -2.39. The van der Waals surface area contributed by atoms with E-state index in [1.165, 1.54) is 19.3 Å². The Morgan fingerprint density at radius 2 is 2.00 bits per heavy atom. The maximum Gasteiger partial charge on any atom is 0.319 e. The Bertz CT molecular complexity index is 425. The number of carbonyl (C=O) groups excluding carboxylic acids is 1. The molecule has 1 fully saturated rings. The SMILES string of the molecule is Cc1cc(N)ccc1NC(=O)NC1CCCCC1. The Balaban J connectivity index is 1.90. The highest BCUT2D eigenvalue weighted by molar-refractivity contribution is 5.90. The first kappa shape index (κ1) is 12.7. The number of nitrogens with two attached hydrogens (primary N) is 1. The monoisotopic (exact) mass is 247 g/mol. The van der Waals surface area contributed by atoms with Crippen LogP contribution in [0.5, 0.6) is 0 Å². The minimum atomic E-state index is -0.116. The van der Waals surface area contributed by atoms with E-state index in [-0.39, 0.29) is 6.03 Å². The van der Waals surface area contributed by atoms with Crippen molar-refractivity contribution in [1.82, 2.24) is 5.32 Å². The number of amides is 2. The predicted octanol–water partition coefficient (Wildman–Crippen LogP) is 3.03. The normalized spacial score (nSPS) is 16.3. The number of hydrogen-bond acceptors (Lipinski definition) is 2. The molecule has 4 heteroatoms. The van der Waals surface area contributed by atoms with Crippen LogP contribution in [0.4, 0.5) is 16.2 Å². The van der Waals surface area contributed by atoms with E-state index in [1.807, 2.05) is 19.1 Å². The van der Waals surface area contributed by atoms with Crippen LogP contribution in [-0.2, 0) is 0 Å². The van der Waals surface area contributed by atoms with E-state index in [1.54, 1.807) is 6.07 Å². The number of nitrogens with one attached hydrogen (secondary N) is 2. The van der Waals surface area contributed by atoms with E-state index in [0.29, 0.717) is 11.7 Å². The number of anilines is 2. The standard InChI is InChI=1S/C14H21N3O/c1-10-9-11(15)7-8-13(10)17-14(18)16-12-5-3-2-4-6-12/h7-9,12H,2-6,15H2,1H3,(H2,16,17,18). The van der Waals surface area contributed by atoms with Gasteiger partial charge in [0.2, 0.25) is 0 Å². The summed E-state index contributed by atoms with van der Waals surface area (Å²) >= 11 is 0. The zero-order valence-corrected chi connectivity index (χ0v) is 10.8. The third-order valence-corrected chi connectivity index (χ3v) is 3.44. The second kappa shape index (κ2) is 5.76. The van der Waals surface area contributed by atoms with Gasteiger partial charge in [-0.2, -0.15) is 0 Å². The van der Waals surface area contributed by atoms with Crippen molar-refractivity contribution in [3.8, 4) is 0 Å². The Labute approximate surface area is 108 Å². The van der Waals surface area contributed by atoms with E-state index in [2.05, 4.69) is 10.6 Å². The summed E-state index contributed by atoms with van der Waals surface area (Å²) in [5.74, 6) is 0. The molecule has 0 atom stereocenters. The van der Waals surface area contributed by atoms with Crippen LogP contribution in [-0.4, -0.2) is 12.1 Å². The lowest BCUT2D eigenvalue weighted by molar-refractivity contribution is 0.244. The lowest BCUT2D eigenvalue weighted by atomic mass is 9.96. The van der Waals surface area contributed by atoms with Gasteiger partial charge in [-0.15, -0.1) is 0 Å². The number of aryl methyl sites for hydroxylation is 1. The highest BCUT2D eigenvalue weighted by Gasteiger charge is 2.15. The fourth-order valence-corrected chi connectivity index (χ4v) is 2.42. The molecule has 1 aliphatic carbocycles. The highest BCUT2D eigenvalue weighted by atomic mass is 16.2. The quantitative estimate of drug-likeness (QED) is 0.703. The van der Waals surface area contributed by atoms with Gasteiger partial charge in [-0.05, 0) is 43.5 Å². The summed E-state index contributed by atoms with van der Waals surface area (Å²) in [6.07, 6.45) is 5.90. The van der Waals surface area contributed by atoms with Crippen molar-refractivity contribution in [1.29, 1.82) is 0 Å². The number of carbonyl (C=O) groups is 1. The van der Waals surface area contributed by atoms with Crippen LogP contribution < -0.4 is 16.4 Å². The van der Waals surface area contributed by atoms with Crippen LogP contribution >= 0.6 is 0 Å². The van der Waals surface area contributed by atoms with Gasteiger partial charge in [-0.3, -0.25) is 0 Å². The molecule has 4 N–H and O–H groups in total. The molecule has 18 heavy (non-hydrogen) atoms. The summed E-state index contributed by atoms with van der Waals surface area (Å²) in [5, 5.41) is 5.91. The summed E-state index contributed by atoms with van der Waals surface area (Å²) in [7, 11) is 0. The van der Waals surface area contributed by atoms with E-state index in [9.17, 15) is 4.79 Å². The van der Waals surface area contributed by atoms with E-state index in [0.717, 1.165) is 24.1 Å². The Kier molecular flexibility index (Phi) is 4.07. The maximum absolute atomic E-state index is 11.9. The summed E-state index contributed by atoms with van der Waals surface area (Å²) in [6, 6.07) is 5.70. The van der Waals surface area contributed by atoms with Crippen molar-refractivity contribution in [3.63, 3.8) is 0 Å². The van der Waals surface area contributed by atoms with Crippen molar-refractivity contribution >= 4 is 17.4 Å². The van der Waals surface area contributed by atoms with Gasteiger partial charge in [0.1, 0.15) is 0 Å². The van der Waals surface area contributed by atoms with Gasteiger partial charge < -0.3 is 16.4 Å². The van der Waals surface area contributed by atoms with Crippen LogP contribution in [0.25, 0.3) is 0 Å². The largest absolute Gasteiger partial charge is 0.399 e. The van der Waals surface area contributed by atoms with Gasteiger partial charge in [0.15, 0.2) is 0 Å². The Hall–Kier alpha value is -1.71. The molecule has 1 aliphatic rings. The summed E-state index contributed by atoms with van der Waals surface area (Å²) < 4.78 is 0. The molecule has 1 aromatic carbocycles. The fraction of sp³-hybridized carbons (Fsp3) is 0.500. The second-order valence-electron chi connectivity index (χ2n) is 5.01. The molecule has 0 bridgehead atoms. The van der Waals surface area contributed by atoms with Crippen molar-refractivity contribution in [3.05, 3.63) is 23.8 Å². The van der Waals surface area contributed by atoms with E-state index >= 15 is 0 Å². The number of nitrogen functional groups attached to an aromatic ring is 1. The number of benzene rings is 1. The predicted molar refractivity (Wildman–Crippen MR) is 74.6 cm³/mol. The molecule has 0 aromatic heterocycles. The van der Waals surface area contributed by atoms with Gasteiger partial charge in [0.25, 0.3) is 0 Å². The first-order chi connectivity index (χ1) is 8.65. The molecular weight excluding hydrogens is 226 g/mol. The van der Waals surface area contributed by atoms with Gasteiger partial charge in [-0.25, -0.2) is 4.79 Å². The molecule has 0 unspecified atom stereocenters. The van der Waals surface area contributed by atoms with Crippen LogP contribution in [0.1, 0.15) is 37.7 Å². The minimum Gasteiger partial charge on any atom is -0.399 e. The van der Waals surface area contributed by atoms with Crippen molar-refractivity contribution in [2.24, 2.45) is 0 Å². The molecule has 0 aliphatic heterocycles. The van der Waals surface area contributed by atoms with Crippen molar-refractivity contribution < 1.29 is 4.79 Å². The maximum atomic E-state index is 11.9. The average Bonchev–Trinajstić information content (AvgIpc) is 2.34. The van der Waals surface area contributed by atoms with E-state index in [4.69, 9.17) is 5.73 Å². The molecule has 4 nitrogen and oxygen atoms in total. The van der Waals surface area contributed by atoms with Gasteiger partial charge in [-0.1, -0.05) is 19.3 Å². The fourth-order valence-electron chi connectivity index (χ4n) is 2.42. The molecule has 2 rings (SSSR count). The zero-order chi connectivity index (χ0) is 13.0. The highest BCUT2D eigenvalue weighted by Crippen LogP contribution is 2.19. The number of hydrogen-bond donors (Lipinski definition) is 3. The third kappa shape index (κ3) is 3.39. The van der Waals surface area contributed by atoms with Crippen molar-refractivity contribution in [2.75, 3.05) is 11.1 Å². The first-order valence-electron chi connectivity index (χ1n) is 6.59. The second-order valence-corrected chi connectivity index (χ2v) is 5.01. The van der Waals surface area contributed by atoms with Gasteiger partial charge >= 0.3 is 6.03 Å². The van der Waals surface area contributed by atoms with Crippen LogP contribution in [0.15, 0.2) is 18.2 Å². The van der Waals surface area contributed by atoms with Crippen LogP contribution in [0, 0.1) is 6.92 Å². The number of urea groups is 1. The molecule has 2 amide bonds. The van der Waals surface area contributed by atoms with Gasteiger partial charge in [0, 0.05) is 17.4 Å². The summed E-state index contributed by atoms with van der Waals surface area (Å²) in [4.78, 5) is 11.9. The van der Waals surface area contributed by atoms with Gasteiger partial charge in [0.05, 0.1) is 0 Å². The third-order valence-electron chi connectivity index (χ3n) is 3.44. The number of rotatable bonds is 2. The van der Waals surface area contributed by atoms with Crippen LogP contribution in [0.3, 0.4) is 0 Å². The molecule has 0 heterocycles. The first-order valence-corrected chi connectivity index (χ1v) is 6.59. The van der Waals surface area contributed by atoms with Crippen LogP contribution in [0.2, 0.25) is 0 Å². The molecule has 0 spiro atoms. The topological polar surface area (TPSA) is 67.1 Å². The smallest absolute Gasteiger partial charge is 0.319 e. The molecule has 98 valence electrons. The molecule has 1 aromatic rings. The molecule has 0 radical (unpaired) electrons. The Morgan fingerprint density at radius 1 is 1.28 bits per heavy atom. The summed E-state index contributed by atoms with van der Waals surface area (Å²) in [6.45, 7) is 1.94. The lowest BCUT2D eigenvalue weighted by Gasteiger charge is -2.23. The summed E-state index contributed by atoms with van der Waals surface area (Å²) in [5.41, 5.74) is 8.19.